The van der Waals surface area contributed by atoms with Crippen LogP contribution < -0.4 is 15.4 Å². The first kappa shape index (κ1) is 20.1. The van der Waals surface area contributed by atoms with Gasteiger partial charge in [-0.2, -0.15) is 5.26 Å². The monoisotopic (exact) mass is 363 g/mol. The highest BCUT2D eigenvalue weighted by Gasteiger charge is 2.13. The molecule has 0 saturated heterocycles. The fraction of sp³-hybridized carbons (Fsp3) is 0.273. The normalized spacial score (nSPS) is 12.0. The van der Waals surface area contributed by atoms with E-state index < -0.39 is 5.91 Å². The maximum Gasteiger partial charge on any atom is 0.263 e. The molecule has 2 rings (SSSR count). The number of ether oxygens (including phenoxy) is 1. The van der Waals surface area contributed by atoms with Gasteiger partial charge in [0.2, 0.25) is 0 Å². The lowest BCUT2D eigenvalue weighted by atomic mass is 10.1. The van der Waals surface area contributed by atoms with Crippen LogP contribution in [0.25, 0.3) is 0 Å². The summed E-state index contributed by atoms with van der Waals surface area (Å²) in [6.45, 7) is 4.59. The third-order valence-corrected chi connectivity index (χ3v) is 4.37. The third-order valence-electron chi connectivity index (χ3n) is 4.37. The highest BCUT2D eigenvalue weighted by Crippen LogP contribution is 2.17. The van der Waals surface area contributed by atoms with Crippen molar-refractivity contribution < 1.29 is 9.53 Å². The molecule has 0 bridgehead atoms. The van der Waals surface area contributed by atoms with E-state index in [4.69, 9.17) is 4.74 Å². The summed E-state index contributed by atoms with van der Waals surface area (Å²) in [7, 11) is 1.61. The molecule has 140 valence electrons. The number of nitrogens with one attached hydrogen (secondary N) is 2. The average molecular weight is 363 g/mol. The molecule has 27 heavy (non-hydrogen) atoms. The number of aryl methyl sites for hydroxylation is 1. The Kier molecular flexibility index (Phi) is 7.45. The van der Waals surface area contributed by atoms with Crippen molar-refractivity contribution in [3.8, 4) is 11.8 Å². The first-order chi connectivity index (χ1) is 13.0. The summed E-state index contributed by atoms with van der Waals surface area (Å²) in [5.41, 5.74) is 3.47. The van der Waals surface area contributed by atoms with Crippen molar-refractivity contribution in [2.75, 3.05) is 13.7 Å². The van der Waals surface area contributed by atoms with Crippen LogP contribution in [0.1, 0.15) is 29.7 Å². The van der Waals surface area contributed by atoms with Crippen molar-refractivity contribution in [1.82, 2.24) is 10.6 Å². The van der Waals surface area contributed by atoms with Gasteiger partial charge in [-0.25, -0.2) is 0 Å². The minimum atomic E-state index is -0.399. The van der Waals surface area contributed by atoms with E-state index in [0.717, 1.165) is 17.7 Å². The molecule has 1 unspecified atom stereocenters. The summed E-state index contributed by atoms with van der Waals surface area (Å²) in [6, 6.07) is 17.4. The molecule has 0 spiro atoms. The smallest absolute Gasteiger partial charge is 0.263 e. The lowest BCUT2D eigenvalue weighted by Gasteiger charge is -2.14. The van der Waals surface area contributed by atoms with Crippen LogP contribution >= 0.6 is 0 Å². The SMILES string of the molecule is COc1ccc(C(C)NC(=O)/C(C#N)=C\NCCc2ccccc2C)cc1. The molecule has 2 aromatic rings. The van der Waals surface area contributed by atoms with E-state index in [9.17, 15) is 10.1 Å². The molecule has 0 heterocycles. The van der Waals surface area contributed by atoms with Crippen molar-refractivity contribution >= 4 is 5.91 Å². The highest BCUT2D eigenvalue weighted by molar-refractivity contribution is 5.97. The zero-order chi connectivity index (χ0) is 19.6. The number of methoxy groups -OCH3 is 1. The van der Waals surface area contributed by atoms with E-state index in [1.807, 2.05) is 49.4 Å². The van der Waals surface area contributed by atoms with Crippen molar-refractivity contribution in [2.24, 2.45) is 0 Å². The molecule has 0 saturated carbocycles. The molecular weight excluding hydrogens is 338 g/mol. The Bertz CT molecular complexity index is 835. The van der Waals surface area contributed by atoms with Gasteiger partial charge < -0.3 is 15.4 Å². The standard InChI is InChI=1S/C22H25N3O2/c1-16-6-4-5-7-18(16)12-13-24-15-20(14-23)22(26)25-17(2)19-8-10-21(27-3)11-9-19/h4-11,15,17,24H,12-13H2,1-3H3,(H,25,26)/b20-15-. The molecule has 0 radical (unpaired) electrons. The van der Waals surface area contributed by atoms with Gasteiger partial charge in [0.25, 0.3) is 5.91 Å². The highest BCUT2D eigenvalue weighted by atomic mass is 16.5. The molecule has 0 fully saturated rings. The van der Waals surface area contributed by atoms with Crippen molar-refractivity contribution in [3.05, 3.63) is 77.0 Å². The first-order valence-corrected chi connectivity index (χ1v) is 8.88. The van der Waals surface area contributed by atoms with E-state index in [0.29, 0.717) is 6.54 Å². The molecule has 0 aliphatic rings. The summed E-state index contributed by atoms with van der Waals surface area (Å²) >= 11 is 0. The number of nitriles is 1. The van der Waals surface area contributed by atoms with E-state index in [1.54, 1.807) is 7.11 Å². The second-order valence-electron chi connectivity index (χ2n) is 6.27. The van der Waals surface area contributed by atoms with Crippen LogP contribution in [-0.2, 0) is 11.2 Å². The Morgan fingerprint density at radius 3 is 2.56 bits per heavy atom. The molecule has 0 aliphatic carbocycles. The zero-order valence-corrected chi connectivity index (χ0v) is 16.0. The van der Waals surface area contributed by atoms with Gasteiger partial charge >= 0.3 is 0 Å². The maximum absolute atomic E-state index is 12.3. The largest absolute Gasteiger partial charge is 0.497 e. The number of hydrogen-bond donors (Lipinski definition) is 2. The fourth-order valence-electron chi connectivity index (χ4n) is 2.67. The molecule has 2 N–H and O–H groups in total. The predicted molar refractivity (Wildman–Crippen MR) is 106 cm³/mol. The number of rotatable bonds is 8. The van der Waals surface area contributed by atoms with Gasteiger partial charge in [0.15, 0.2) is 0 Å². The third kappa shape index (κ3) is 5.89. The van der Waals surface area contributed by atoms with Crippen LogP contribution in [0.3, 0.4) is 0 Å². The number of nitrogens with zero attached hydrogens (tertiary/aromatic N) is 1. The Morgan fingerprint density at radius 1 is 1.22 bits per heavy atom. The van der Waals surface area contributed by atoms with Crippen LogP contribution in [0.15, 0.2) is 60.3 Å². The molecule has 0 aliphatic heterocycles. The van der Waals surface area contributed by atoms with Crippen LogP contribution in [-0.4, -0.2) is 19.6 Å². The molecule has 0 aromatic heterocycles. The van der Waals surface area contributed by atoms with Gasteiger partial charge in [0.05, 0.1) is 13.2 Å². The minimum Gasteiger partial charge on any atom is -0.497 e. The van der Waals surface area contributed by atoms with Gasteiger partial charge in [0, 0.05) is 12.7 Å². The Morgan fingerprint density at radius 2 is 1.93 bits per heavy atom. The molecule has 5 nitrogen and oxygen atoms in total. The van der Waals surface area contributed by atoms with Crippen LogP contribution in [0.2, 0.25) is 0 Å². The Labute approximate surface area is 160 Å². The Hall–Kier alpha value is -3.26. The maximum atomic E-state index is 12.3. The molecule has 1 amide bonds. The van der Waals surface area contributed by atoms with E-state index >= 15 is 0 Å². The molecule has 2 aromatic carbocycles. The summed E-state index contributed by atoms with van der Waals surface area (Å²) < 4.78 is 5.13. The molecule has 1 atom stereocenters. The van der Waals surface area contributed by atoms with Crippen molar-refractivity contribution in [2.45, 2.75) is 26.3 Å². The Balaban J connectivity index is 1.89. The van der Waals surface area contributed by atoms with Gasteiger partial charge in [0.1, 0.15) is 17.4 Å². The zero-order valence-electron chi connectivity index (χ0n) is 16.0. The van der Waals surface area contributed by atoms with E-state index in [2.05, 4.69) is 29.7 Å². The average Bonchev–Trinajstić information content (AvgIpc) is 2.69. The summed E-state index contributed by atoms with van der Waals surface area (Å²) in [5, 5.41) is 15.2. The lowest BCUT2D eigenvalue weighted by molar-refractivity contribution is -0.117. The second-order valence-corrected chi connectivity index (χ2v) is 6.27. The van der Waals surface area contributed by atoms with Gasteiger partial charge in [-0.15, -0.1) is 0 Å². The number of benzene rings is 2. The van der Waals surface area contributed by atoms with Crippen molar-refractivity contribution in [1.29, 1.82) is 5.26 Å². The quantitative estimate of drug-likeness (QED) is 0.428. The van der Waals surface area contributed by atoms with Gasteiger partial charge in [-0.1, -0.05) is 36.4 Å². The number of hydrogen-bond acceptors (Lipinski definition) is 4. The van der Waals surface area contributed by atoms with Gasteiger partial charge in [-0.3, -0.25) is 4.79 Å². The van der Waals surface area contributed by atoms with Crippen LogP contribution in [0.4, 0.5) is 0 Å². The summed E-state index contributed by atoms with van der Waals surface area (Å²) in [6.07, 6.45) is 2.31. The minimum absolute atomic E-state index is 0.0557. The predicted octanol–water partition coefficient (Wildman–Crippen LogP) is 3.42. The topological polar surface area (TPSA) is 74.1 Å². The molecular formula is C22H25N3O2. The number of amides is 1. The van der Waals surface area contributed by atoms with E-state index in [-0.39, 0.29) is 11.6 Å². The van der Waals surface area contributed by atoms with Gasteiger partial charge in [-0.05, 0) is 49.1 Å². The summed E-state index contributed by atoms with van der Waals surface area (Å²) in [4.78, 5) is 12.3. The first-order valence-electron chi connectivity index (χ1n) is 8.88. The molecule has 5 heteroatoms. The van der Waals surface area contributed by atoms with Crippen LogP contribution in [0, 0.1) is 18.3 Å². The lowest BCUT2D eigenvalue weighted by Crippen LogP contribution is -2.28. The number of carbonyl (C=O) groups is 1. The van der Waals surface area contributed by atoms with Crippen LogP contribution in [0.5, 0.6) is 5.75 Å². The fourth-order valence-corrected chi connectivity index (χ4v) is 2.67. The number of carbonyl (C=O) groups excluding carboxylic acids is 1. The van der Waals surface area contributed by atoms with E-state index in [1.165, 1.54) is 17.3 Å². The summed E-state index contributed by atoms with van der Waals surface area (Å²) in [5.74, 6) is 0.358. The van der Waals surface area contributed by atoms with Crippen molar-refractivity contribution in [3.63, 3.8) is 0 Å². The second kappa shape index (κ2) is 10.0.